The molecular formula is C25H23Cl2N5O4S. The highest BCUT2D eigenvalue weighted by Crippen LogP contribution is 2.57. The first-order valence-electron chi connectivity index (χ1n) is 12.0. The van der Waals surface area contributed by atoms with Crippen molar-refractivity contribution in [1.29, 1.82) is 0 Å². The van der Waals surface area contributed by atoms with Crippen LogP contribution < -0.4 is 5.32 Å². The van der Waals surface area contributed by atoms with Crippen molar-refractivity contribution in [3.05, 3.63) is 63.9 Å². The molecule has 1 N–H and O–H groups in total. The lowest BCUT2D eigenvalue weighted by molar-refractivity contribution is -0.116. The number of fused-ring (bicyclic) bond motifs is 1. The predicted molar refractivity (Wildman–Crippen MR) is 139 cm³/mol. The molecule has 2 saturated carbocycles. The summed E-state index contributed by atoms with van der Waals surface area (Å²) in [5.74, 6) is 1.32. The zero-order valence-corrected chi connectivity index (χ0v) is 22.2. The van der Waals surface area contributed by atoms with Crippen molar-refractivity contribution in [2.45, 2.75) is 55.4 Å². The van der Waals surface area contributed by atoms with Crippen LogP contribution in [0.15, 0.2) is 45.9 Å². The van der Waals surface area contributed by atoms with Crippen LogP contribution in [0.4, 0.5) is 5.69 Å². The number of aromatic nitrogens is 4. The number of hydrogen-bond donors (Lipinski definition) is 1. The smallest absolute Gasteiger partial charge is 0.246 e. The minimum Gasteiger partial charge on any atom is -0.339 e. The van der Waals surface area contributed by atoms with Gasteiger partial charge in [0.1, 0.15) is 6.54 Å². The lowest BCUT2D eigenvalue weighted by Gasteiger charge is -2.17. The highest BCUT2D eigenvalue weighted by atomic mass is 35.5. The molecule has 12 heteroatoms. The third kappa shape index (κ3) is 4.41. The molecular weight excluding hydrogens is 537 g/mol. The van der Waals surface area contributed by atoms with Gasteiger partial charge in [0.05, 0.1) is 27.8 Å². The molecule has 2 aromatic carbocycles. The monoisotopic (exact) mass is 559 g/mol. The van der Waals surface area contributed by atoms with Gasteiger partial charge < -0.3 is 9.84 Å². The summed E-state index contributed by atoms with van der Waals surface area (Å²) in [6, 6.07) is 8.10. The highest BCUT2D eigenvalue weighted by molar-refractivity contribution is 7.91. The quantitative estimate of drug-likeness (QED) is 0.318. The lowest BCUT2D eigenvalue weighted by atomic mass is 9.94. The molecule has 37 heavy (non-hydrogen) atoms. The van der Waals surface area contributed by atoms with E-state index in [1.165, 1.54) is 10.7 Å². The van der Waals surface area contributed by atoms with Gasteiger partial charge >= 0.3 is 0 Å². The van der Waals surface area contributed by atoms with Crippen molar-refractivity contribution in [2.75, 3.05) is 11.1 Å². The van der Waals surface area contributed by atoms with Crippen molar-refractivity contribution in [1.82, 2.24) is 19.9 Å². The Labute approximate surface area is 223 Å². The van der Waals surface area contributed by atoms with Gasteiger partial charge in [-0.25, -0.2) is 8.42 Å². The molecule has 0 bridgehead atoms. The molecule has 9 nitrogen and oxygen atoms in total. The second-order valence-electron chi connectivity index (χ2n) is 9.60. The average molecular weight is 560 g/mol. The van der Waals surface area contributed by atoms with Gasteiger partial charge in [-0.05, 0) is 56.0 Å². The molecule has 0 unspecified atom stereocenters. The molecule has 2 aliphatic carbocycles. The minimum atomic E-state index is -3.33. The van der Waals surface area contributed by atoms with E-state index in [0.29, 0.717) is 44.3 Å². The first kappa shape index (κ1) is 24.4. The summed E-state index contributed by atoms with van der Waals surface area (Å²) in [4.78, 5) is 17.7. The van der Waals surface area contributed by atoms with E-state index in [2.05, 4.69) is 20.6 Å². The second kappa shape index (κ2) is 8.82. The molecule has 2 heterocycles. The molecule has 2 fully saturated rings. The molecule has 0 atom stereocenters. The SMILES string of the molecule is CCS(=O)(=O)c1ccc2c(cnn2CC(=O)Nc2cc(Cl)c(C3(c4noc(C5CC5)n4)CC3)c(Cl)c2)c1. The molecule has 0 saturated heterocycles. The Bertz CT molecular complexity index is 1630. The van der Waals surface area contributed by atoms with E-state index in [9.17, 15) is 13.2 Å². The number of anilines is 1. The number of sulfone groups is 1. The van der Waals surface area contributed by atoms with Crippen LogP contribution in [0.2, 0.25) is 10.0 Å². The average Bonchev–Trinajstić information content (AvgIpc) is 3.78. The highest BCUT2D eigenvalue weighted by Gasteiger charge is 2.53. The Morgan fingerprint density at radius 3 is 2.57 bits per heavy atom. The van der Waals surface area contributed by atoms with E-state index in [1.807, 2.05) is 0 Å². The van der Waals surface area contributed by atoms with Crippen LogP contribution in [0, 0.1) is 0 Å². The number of carbonyl (C=O) groups excluding carboxylic acids is 1. The van der Waals surface area contributed by atoms with Crippen molar-refractivity contribution >= 4 is 55.5 Å². The van der Waals surface area contributed by atoms with Crippen LogP contribution in [-0.4, -0.2) is 40.0 Å². The molecule has 0 spiro atoms. The van der Waals surface area contributed by atoms with Gasteiger partial charge in [-0.1, -0.05) is 35.3 Å². The summed E-state index contributed by atoms with van der Waals surface area (Å²) < 4.78 is 31.3. The van der Waals surface area contributed by atoms with Crippen LogP contribution in [0.25, 0.3) is 10.9 Å². The Morgan fingerprint density at radius 2 is 1.92 bits per heavy atom. The summed E-state index contributed by atoms with van der Waals surface area (Å²) in [6.07, 6.45) is 5.31. The number of nitrogens with zero attached hydrogens (tertiary/aromatic N) is 4. The number of nitrogens with one attached hydrogen (secondary N) is 1. The topological polar surface area (TPSA) is 120 Å². The first-order chi connectivity index (χ1) is 17.7. The Hall–Kier alpha value is -2.95. The third-order valence-corrected chi connectivity index (χ3v) is 9.33. The Kier molecular flexibility index (Phi) is 5.81. The van der Waals surface area contributed by atoms with Crippen LogP contribution in [-0.2, 0) is 26.6 Å². The maximum absolute atomic E-state index is 12.8. The minimum absolute atomic E-state index is 0.0106. The van der Waals surface area contributed by atoms with E-state index >= 15 is 0 Å². The fourth-order valence-corrected chi connectivity index (χ4v) is 6.39. The van der Waals surface area contributed by atoms with Crippen molar-refractivity contribution < 1.29 is 17.7 Å². The van der Waals surface area contributed by atoms with Gasteiger partial charge in [0.2, 0.25) is 11.8 Å². The molecule has 2 aromatic heterocycles. The summed E-state index contributed by atoms with van der Waals surface area (Å²) >= 11 is 13.3. The van der Waals surface area contributed by atoms with Crippen molar-refractivity contribution in [2.24, 2.45) is 0 Å². The van der Waals surface area contributed by atoms with Crippen LogP contribution in [0.1, 0.15) is 55.8 Å². The zero-order chi connectivity index (χ0) is 25.9. The van der Waals surface area contributed by atoms with Crippen LogP contribution in [0.3, 0.4) is 0 Å². The molecule has 192 valence electrons. The predicted octanol–water partition coefficient (Wildman–Crippen LogP) is 5.12. The third-order valence-electron chi connectivity index (χ3n) is 7.00. The van der Waals surface area contributed by atoms with Gasteiger partial charge in [-0.2, -0.15) is 10.1 Å². The number of benzene rings is 2. The van der Waals surface area contributed by atoms with Gasteiger partial charge in [-0.15, -0.1) is 0 Å². The van der Waals surface area contributed by atoms with Crippen LogP contribution >= 0.6 is 23.2 Å². The fourth-order valence-electron chi connectivity index (χ4n) is 4.63. The summed E-state index contributed by atoms with van der Waals surface area (Å²) in [5.41, 5.74) is 1.38. The van der Waals surface area contributed by atoms with Crippen LogP contribution in [0.5, 0.6) is 0 Å². The van der Waals surface area contributed by atoms with Crippen molar-refractivity contribution in [3.8, 4) is 0 Å². The second-order valence-corrected chi connectivity index (χ2v) is 12.7. The molecule has 0 aliphatic heterocycles. The largest absolute Gasteiger partial charge is 0.339 e. The number of hydrogen-bond acceptors (Lipinski definition) is 7. The van der Waals surface area contributed by atoms with Gasteiger partial charge in [0.15, 0.2) is 15.7 Å². The number of halogens is 2. The standard InChI is InChI=1S/C25H23Cl2N5O4S/c1-2-37(34,35)17-5-6-20-15(9-17)12-28-32(20)13-21(33)29-16-10-18(26)22(19(27)11-16)25(7-8-25)24-30-23(36-31-24)14-3-4-14/h5-6,9-12,14H,2-4,7-8,13H2,1H3,(H,29,33). The number of amides is 1. The summed E-state index contributed by atoms with van der Waals surface area (Å²) in [7, 11) is -3.33. The lowest BCUT2D eigenvalue weighted by Crippen LogP contribution is -2.20. The maximum Gasteiger partial charge on any atom is 0.246 e. The number of carbonyl (C=O) groups is 1. The first-order valence-corrected chi connectivity index (χ1v) is 14.4. The van der Waals surface area contributed by atoms with E-state index < -0.39 is 15.3 Å². The zero-order valence-electron chi connectivity index (χ0n) is 19.9. The molecule has 1 amide bonds. The van der Waals surface area contributed by atoms with E-state index in [1.54, 1.807) is 37.4 Å². The Morgan fingerprint density at radius 1 is 1.19 bits per heavy atom. The summed E-state index contributed by atoms with van der Waals surface area (Å²) in [6.45, 7) is 1.52. The molecule has 6 rings (SSSR count). The fraction of sp³-hybridized carbons (Fsp3) is 0.360. The molecule has 2 aliphatic rings. The van der Waals surface area contributed by atoms with Gasteiger partial charge in [-0.3, -0.25) is 9.48 Å². The van der Waals surface area contributed by atoms with Gasteiger partial charge in [0, 0.05) is 32.6 Å². The molecule has 0 radical (unpaired) electrons. The van der Waals surface area contributed by atoms with Gasteiger partial charge in [0.25, 0.3) is 0 Å². The molecule has 4 aromatic rings. The van der Waals surface area contributed by atoms with E-state index in [0.717, 1.165) is 31.2 Å². The van der Waals surface area contributed by atoms with E-state index in [4.69, 9.17) is 27.7 Å². The van der Waals surface area contributed by atoms with E-state index in [-0.39, 0.29) is 23.1 Å². The number of rotatable bonds is 8. The Balaban J connectivity index is 1.20. The normalized spacial score (nSPS) is 16.7. The summed E-state index contributed by atoms with van der Waals surface area (Å²) in [5, 5.41) is 12.8. The van der Waals surface area contributed by atoms with Crippen molar-refractivity contribution in [3.63, 3.8) is 0 Å². The maximum atomic E-state index is 12.8.